The van der Waals surface area contributed by atoms with Crippen molar-refractivity contribution in [3.63, 3.8) is 0 Å². The zero-order valence-electron chi connectivity index (χ0n) is 18.2. The van der Waals surface area contributed by atoms with E-state index in [9.17, 15) is 9.18 Å². The third-order valence-corrected chi connectivity index (χ3v) is 6.21. The van der Waals surface area contributed by atoms with E-state index in [2.05, 4.69) is 20.9 Å². The quantitative estimate of drug-likeness (QED) is 0.448. The maximum absolute atomic E-state index is 13.5. The van der Waals surface area contributed by atoms with E-state index in [1.54, 1.807) is 18.3 Å². The zero-order chi connectivity index (χ0) is 22.8. The summed E-state index contributed by atoms with van der Waals surface area (Å²) < 4.78 is 20.4. The van der Waals surface area contributed by atoms with Crippen LogP contribution in [-0.4, -0.2) is 39.2 Å². The summed E-state index contributed by atoms with van der Waals surface area (Å²) in [5.74, 6) is -0.560. The molecule has 1 N–H and O–H groups in total. The van der Waals surface area contributed by atoms with Crippen LogP contribution < -0.4 is 5.32 Å². The summed E-state index contributed by atoms with van der Waals surface area (Å²) >= 11 is 5.66. The number of rotatable bonds is 6. The lowest BCUT2D eigenvalue weighted by Gasteiger charge is -2.28. The first-order valence-corrected chi connectivity index (χ1v) is 10.8. The van der Waals surface area contributed by atoms with Gasteiger partial charge in [-0.3, -0.25) is 9.78 Å². The van der Waals surface area contributed by atoms with Gasteiger partial charge in [0.2, 0.25) is 0 Å². The maximum Gasteiger partial charge on any atom is 0.307 e. The van der Waals surface area contributed by atoms with E-state index in [1.165, 1.54) is 19.2 Å². The fourth-order valence-corrected chi connectivity index (χ4v) is 4.70. The van der Waals surface area contributed by atoms with Gasteiger partial charge in [-0.15, -0.1) is 0 Å². The standard InChI is InChI=1S/C24H25FN4O2S/c1-15-14-19(16(2)29(15)18-9-7-17(25)8-10-18)23-22(20-6-4-5-12-26-20)27-24(32)28(23)13-11-21(30)31-3/h4-10,12,14,22-23H,11,13H2,1-3H3,(H,27,32)/t22-,23+/m0/s1. The molecule has 6 nitrogen and oxygen atoms in total. The first-order chi connectivity index (χ1) is 15.4. The molecule has 0 spiro atoms. The van der Waals surface area contributed by atoms with Crippen LogP contribution in [0.5, 0.6) is 0 Å². The van der Waals surface area contributed by atoms with Crippen molar-refractivity contribution >= 4 is 23.3 Å². The largest absolute Gasteiger partial charge is 0.469 e. The van der Waals surface area contributed by atoms with Crippen molar-refractivity contribution in [2.75, 3.05) is 13.7 Å². The monoisotopic (exact) mass is 452 g/mol. The average Bonchev–Trinajstić information content (AvgIpc) is 3.28. The molecular formula is C24H25FN4O2S. The molecule has 1 aromatic carbocycles. The van der Waals surface area contributed by atoms with Crippen molar-refractivity contribution < 1.29 is 13.9 Å². The summed E-state index contributed by atoms with van der Waals surface area (Å²) in [5, 5.41) is 3.97. The van der Waals surface area contributed by atoms with Gasteiger partial charge in [-0.05, 0) is 74.1 Å². The highest BCUT2D eigenvalue weighted by Crippen LogP contribution is 2.41. The van der Waals surface area contributed by atoms with Crippen molar-refractivity contribution in [3.05, 3.63) is 83.2 Å². The van der Waals surface area contributed by atoms with Crippen molar-refractivity contribution in [1.82, 2.24) is 19.8 Å². The number of aromatic nitrogens is 2. The molecule has 8 heteroatoms. The second kappa shape index (κ2) is 9.08. The lowest BCUT2D eigenvalue weighted by atomic mass is 9.96. The Morgan fingerprint density at radius 2 is 1.97 bits per heavy atom. The summed E-state index contributed by atoms with van der Waals surface area (Å²) in [4.78, 5) is 18.4. The summed E-state index contributed by atoms with van der Waals surface area (Å²) in [6.07, 6.45) is 1.98. The molecule has 1 saturated heterocycles. The van der Waals surface area contributed by atoms with Gasteiger partial charge in [0.1, 0.15) is 5.82 Å². The predicted octanol–water partition coefficient (Wildman–Crippen LogP) is 4.16. The van der Waals surface area contributed by atoms with E-state index < -0.39 is 0 Å². The van der Waals surface area contributed by atoms with Gasteiger partial charge in [0, 0.05) is 29.8 Å². The molecule has 3 heterocycles. The van der Waals surface area contributed by atoms with Gasteiger partial charge in [0.15, 0.2) is 5.11 Å². The van der Waals surface area contributed by atoms with Gasteiger partial charge in [0.05, 0.1) is 31.3 Å². The topological polar surface area (TPSA) is 59.4 Å². The Bertz CT molecular complexity index is 1130. The van der Waals surface area contributed by atoms with Crippen molar-refractivity contribution in [3.8, 4) is 5.69 Å². The summed E-state index contributed by atoms with van der Waals surface area (Å²) in [5.41, 5.74) is 4.87. The molecule has 32 heavy (non-hydrogen) atoms. The third-order valence-electron chi connectivity index (χ3n) is 5.86. The highest BCUT2D eigenvalue weighted by Gasteiger charge is 2.41. The van der Waals surface area contributed by atoms with Crippen molar-refractivity contribution in [1.29, 1.82) is 0 Å². The molecule has 1 fully saturated rings. The highest BCUT2D eigenvalue weighted by atomic mass is 32.1. The molecule has 1 aliphatic heterocycles. The minimum atomic E-state index is -0.287. The lowest BCUT2D eigenvalue weighted by Crippen LogP contribution is -2.32. The maximum atomic E-state index is 13.5. The predicted molar refractivity (Wildman–Crippen MR) is 124 cm³/mol. The van der Waals surface area contributed by atoms with Crippen LogP contribution in [0.2, 0.25) is 0 Å². The van der Waals surface area contributed by atoms with Crippen molar-refractivity contribution in [2.45, 2.75) is 32.4 Å². The number of nitrogens with zero attached hydrogens (tertiary/aromatic N) is 3. The number of aryl methyl sites for hydroxylation is 1. The number of hydrogen-bond donors (Lipinski definition) is 1. The number of thiocarbonyl (C=S) groups is 1. The number of carbonyl (C=O) groups is 1. The Balaban J connectivity index is 1.78. The molecule has 2 atom stereocenters. The molecular weight excluding hydrogens is 427 g/mol. The molecule has 0 bridgehead atoms. The lowest BCUT2D eigenvalue weighted by molar-refractivity contribution is -0.140. The molecule has 0 aliphatic carbocycles. The molecule has 1 aliphatic rings. The first-order valence-electron chi connectivity index (χ1n) is 10.4. The Hall–Kier alpha value is -3.26. The van der Waals surface area contributed by atoms with Crippen LogP contribution >= 0.6 is 12.2 Å². The van der Waals surface area contributed by atoms with Crippen LogP contribution in [0, 0.1) is 19.7 Å². The highest BCUT2D eigenvalue weighted by molar-refractivity contribution is 7.80. The van der Waals surface area contributed by atoms with Crippen LogP contribution in [0.1, 0.15) is 41.1 Å². The van der Waals surface area contributed by atoms with Crippen LogP contribution in [-0.2, 0) is 9.53 Å². The second-order valence-electron chi connectivity index (χ2n) is 7.78. The van der Waals surface area contributed by atoms with Crippen LogP contribution in [0.4, 0.5) is 4.39 Å². The Kier molecular flexibility index (Phi) is 6.23. The Labute approximate surface area is 192 Å². The molecule has 0 radical (unpaired) electrons. The summed E-state index contributed by atoms with van der Waals surface area (Å²) in [6.45, 7) is 4.49. The van der Waals surface area contributed by atoms with E-state index in [0.29, 0.717) is 11.7 Å². The number of nitrogens with one attached hydrogen (secondary N) is 1. The molecule has 2 aromatic heterocycles. The van der Waals surface area contributed by atoms with E-state index in [-0.39, 0.29) is 30.3 Å². The molecule has 166 valence electrons. The first kappa shape index (κ1) is 22.0. The number of carbonyl (C=O) groups excluding carboxylic acids is 1. The van der Waals surface area contributed by atoms with Gasteiger partial charge >= 0.3 is 5.97 Å². The number of halogens is 1. The third kappa shape index (κ3) is 4.10. The zero-order valence-corrected chi connectivity index (χ0v) is 19.0. The van der Waals surface area contributed by atoms with Gasteiger partial charge < -0.3 is 19.5 Å². The van der Waals surface area contributed by atoms with Gasteiger partial charge in [-0.25, -0.2) is 4.39 Å². The number of esters is 1. The number of methoxy groups -OCH3 is 1. The second-order valence-corrected chi connectivity index (χ2v) is 8.17. The fraction of sp³-hybridized carbons (Fsp3) is 0.292. The van der Waals surface area contributed by atoms with E-state index >= 15 is 0 Å². The molecule has 0 saturated carbocycles. The van der Waals surface area contributed by atoms with E-state index in [4.69, 9.17) is 17.0 Å². The number of ether oxygens (including phenoxy) is 1. The number of hydrogen-bond acceptors (Lipinski definition) is 4. The van der Waals surface area contributed by atoms with Crippen LogP contribution in [0.3, 0.4) is 0 Å². The normalized spacial score (nSPS) is 18.0. The summed E-state index contributed by atoms with van der Waals surface area (Å²) in [7, 11) is 1.38. The molecule has 0 unspecified atom stereocenters. The number of pyridine rings is 1. The minimum Gasteiger partial charge on any atom is -0.469 e. The number of benzene rings is 1. The van der Waals surface area contributed by atoms with Gasteiger partial charge in [-0.1, -0.05) is 6.07 Å². The van der Waals surface area contributed by atoms with Gasteiger partial charge in [-0.2, -0.15) is 0 Å². The van der Waals surface area contributed by atoms with Gasteiger partial charge in [0.25, 0.3) is 0 Å². The van der Waals surface area contributed by atoms with Crippen molar-refractivity contribution in [2.24, 2.45) is 0 Å². The Morgan fingerprint density at radius 3 is 2.62 bits per heavy atom. The fourth-order valence-electron chi connectivity index (χ4n) is 4.37. The van der Waals surface area contributed by atoms with E-state index in [1.807, 2.05) is 36.9 Å². The average molecular weight is 453 g/mol. The summed E-state index contributed by atoms with van der Waals surface area (Å²) in [6, 6.07) is 14.0. The molecule has 3 aromatic rings. The minimum absolute atomic E-state index is 0.164. The van der Waals surface area contributed by atoms with E-state index in [0.717, 1.165) is 28.3 Å². The smallest absolute Gasteiger partial charge is 0.307 e. The van der Waals surface area contributed by atoms with Crippen LogP contribution in [0.15, 0.2) is 54.7 Å². The SMILES string of the molecule is COC(=O)CCN1C(=S)N[C@@H](c2ccccn2)[C@H]1c1cc(C)n(-c2ccc(F)cc2)c1C. The Morgan fingerprint density at radius 1 is 1.22 bits per heavy atom. The molecule has 4 rings (SSSR count). The molecule has 0 amide bonds. The van der Waals surface area contributed by atoms with Crippen LogP contribution in [0.25, 0.3) is 5.69 Å².